The van der Waals surface area contributed by atoms with Crippen LogP contribution in [-0.2, 0) is 16.0 Å². The molecule has 0 unspecified atom stereocenters. The lowest BCUT2D eigenvalue weighted by Gasteiger charge is -2.13. The van der Waals surface area contributed by atoms with Crippen LogP contribution < -0.4 is 5.32 Å². The number of anilines is 1. The average molecular weight is 509 g/mol. The predicted molar refractivity (Wildman–Crippen MR) is 137 cm³/mol. The van der Waals surface area contributed by atoms with E-state index in [0.29, 0.717) is 32.3 Å². The van der Waals surface area contributed by atoms with Gasteiger partial charge in [-0.1, -0.05) is 78.8 Å². The molecule has 6 nitrogen and oxygen atoms in total. The number of carbonyl (C=O) groups excluding carboxylic acids is 2. The fourth-order valence-electron chi connectivity index (χ4n) is 3.05. The maximum Gasteiger partial charge on any atom is 0.266 e. The van der Waals surface area contributed by atoms with E-state index in [1.165, 1.54) is 23.1 Å². The van der Waals surface area contributed by atoms with Crippen LogP contribution in [0.4, 0.5) is 5.13 Å². The van der Waals surface area contributed by atoms with E-state index in [4.69, 9.17) is 23.8 Å². The van der Waals surface area contributed by atoms with E-state index in [0.717, 1.165) is 49.1 Å². The second kappa shape index (κ2) is 12.4. The standard InChI is InChI=1S/C22H25ClN4O2S3/c1-2-3-8-19-25-26-21(32-19)24-18(28)7-5-4-6-13-27-20(29)17(31-22(27)30)14-15-9-11-16(23)12-10-15/h9-12,14H,2-8,13H2,1H3,(H,24,26,28)/b17-14+. The Kier molecular flexibility index (Phi) is 9.65. The van der Waals surface area contributed by atoms with Crippen LogP contribution in [0.1, 0.15) is 56.0 Å². The molecule has 2 amide bonds. The number of aromatic nitrogens is 2. The van der Waals surface area contributed by atoms with Crippen molar-refractivity contribution in [2.75, 3.05) is 11.9 Å². The normalized spacial score (nSPS) is 15.1. The minimum atomic E-state index is -0.0668. The van der Waals surface area contributed by atoms with Crippen molar-refractivity contribution in [2.45, 2.75) is 51.9 Å². The summed E-state index contributed by atoms with van der Waals surface area (Å²) in [5, 5.41) is 13.1. The van der Waals surface area contributed by atoms with Gasteiger partial charge in [-0.15, -0.1) is 10.2 Å². The van der Waals surface area contributed by atoms with Crippen molar-refractivity contribution >= 4 is 74.3 Å². The summed E-state index contributed by atoms with van der Waals surface area (Å²) in [6.07, 6.45) is 7.68. The number of unbranched alkanes of at least 4 members (excludes halogenated alkanes) is 3. The molecule has 0 bridgehead atoms. The third-order valence-corrected chi connectivity index (χ3v) is 7.31. The lowest BCUT2D eigenvalue weighted by atomic mass is 10.2. The molecule has 1 aliphatic rings. The SMILES string of the molecule is CCCCc1nnc(NC(=O)CCCCCN2C(=O)/C(=C\c3ccc(Cl)cc3)SC2=S)s1. The summed E-state index contributed by atoms with van der Waals surface area (Å²) in [7, 11) is 0. The van der Waals surface area contributed by atoms with Crippen LogP contribution >= 0.6 is 46.9 Å². The van der Waals surface area contributed by atoms with Gasteiger partial charge in [-0.05, 0) is 43.0 Å². The Balaban J connectivity index is 1.37. The van der Waals surface area contributed by atoms with E-state index in [2.05, 4.69) is 22.4 Å². The number of hydrogen-bond donors (Lipinski definition) is 1. The summed E-state index contributed by atoms with van der Waals surface area (Å²) in [6.45, 7) is 2.69. The van der Waals surface area contributed by atoms with Crippen molar-refractivity contribution in [1.82, 2.24) is 15.1 Å². The van der Waals surface area contributed by atoms with Gasteiger partial charge in [0.2, 0.25) is 11.0 Å². The van der Waals surface area contributed by atoms with E-state index in [1.54, 1.807) is 17.0 Å². The van der Waals surface area contributed by atoms with Crippen molar-refractivity contribution in [3.05, 3.63) is 44.8 Å². The van der Waals surface area contributed by atoms with Crippen molar-refractivity contribution < 1.29 is 9.59 Å². The zero-order valence-corrected chi connectivity index (χ0v) is 21.0. The number of nitrogens with zero attached hydrogens (tertiary/aromatic N) is 3. The molecule has 1 saturated heterocycles. The Bertz CT molecular complexity index is 991. The van der Waals surface area contributed by atoms with E-state index in [9.17, 15) is 9.59 Å². The quantitative estimate of drug-likeness (QED) is 0.230. The molecule has 1 fully saturated rings. The van der Waals surface area contributed by atoms with Gasteiger partial charge in [0.05, 0.1) is 4.91 Å². The minimum Gasteiger partial charge on any atom is -0.301 e. The van der Waals surface area contributed by atoms with Gasteiger partial charge in [0.1, 0.15) is 9.33 Å². The van der Waals surface area contributed by atoms with Gasteiger partial charge in [-0.3, -0.25) is 14.5 Å². The molecule has 2 heterocycles. The lowest BCUT2D eigenvalue weighted by molar-refractivity contribution is -0.122. The Labute approximate surface area is 206 Å². The van der Waals surface area contributed by atoms with Crippen LogP contribution in [0.2, 0.25) is 5.02 Å². The highest BCUT2D eigenvalue weighted by Gasteiger charge is 2.31. The highest BCUT2D eigenvalue weighted by atomic mass is 35.5. The predicted octanol–water partition coefficient (Wildman–Crippen LogP) is 5.93. The fourth-order valence-corrected chi connectivity index (χ4v) is 5.28. The topological polar surface area (TPSA) is 75.2 Å². The van der Waals surface area contributed by atoms with Gasteiger partial charge in [0, 0.05) is 24.4 Å². The molecule has 0 radical (unpaired) electrons. The van der Waals surface area contributed by atoms with Crippen molar-refractivity contribution in [2.24, 2.45) is 0 Å². The minimum absolute atomic E-state index is 0.0558. The Morgan fingerprint density at radius 3 is 2.72 bits per heavy atom. The summed E-state index contributed by atoms with van der Waals surface area (Å²) >= 11 is 14.0. The molecule has 0 atom stereocenters. The molecule has 1 N–H and O–H groups in total. The maximum absolute atomic E-state index is 12.7. The Morgan fingerprint density at radius 2 is 1.97 bits per heavy atom. The first-order valence-corrected chi connectivity index (χ1v) is 13.0. The van der Waals surface area contributed by atoms with Crippen LogP contribution in [0.3, 0.4) is 0 Å². The van der Waals surface area contributed by atoms with E-state index < -0.39 is 0 Å². The van der Waals surface area contributed by atoms with Gasteiger partial charge in [-0.25, -0.2) is 0 Å². The van der Waals surface area contributed by atoms with Gasteiger partial charge in [0.15, 0.2) is 0 Å². The average Bonchev–Trinajstić information content (AvgIpc) is 3.32. The zero-order chi connectivity index (χ0) is 22.9. The monoisotopic (exact) mass is 508 g/mol. The second-order valence-corrected chi connectivity index (χ2v) is 10.5. The largest absolute Gasteiger partial charge is 0.301 e. The number of hydrogen-bond acceptors (Lipinski definition) is 7. The van der Waals surface area contributed by atoms with Crippen molar-refractivity contribution in [3.8, 4) is 0 Å². The molecule has 170 valence electrons. The number of nitrogens with one attached hydrogen (secondary N) is 1. The molecule has 10 heteroatoms. The van der Waals surface area contributed by atoms with Crippen LogP contribution in [0, 0.1) is 0 Å². The molecule has 1 aliphatic heterocycles. The van der Waals surface area contributed by atoms with Crippen molar-refractivity contribution in [3.63, 3.8) is 0 Å². The molecule has 0 spiro atoms. The number of halogens is 1. The van der Waals surface area contributed by atoms with Gasteiger partial charge >= 0.3 is 0 Å². The molecule has 3 rings (SSSR count). The smallest absolute Gasteiger partial charge is 0.266 e. The molecule has 1 aromatic heterocycles. The summed E-state index contributed by atoms with van der Waals surface area (Å²) in [5.74, 6) is -0.123. The summed E-state index contributed by atoms with van der Waals surface area (Å²) in [6, 6.07) is 7.32. The molecule has 32 heavy (non-hydrogen) atoms. The summed E-state index contributed by atoms with van der Waals surface area (Å²) < 4.78 is 0.572. The van der Waals surface area contributed by atoms with Crippen LogP contribution in [0.5, 0.6) is 0 Å². The van der Waals surface area contributed by atoms with Gasteiger partial charge in [0.25, 0.3) is 5.91 Å². The zero-order valence-electron chi connectivity index (χ0n) is 17.8. The Morgan fingerprint density at radius 1 is 1.19 bits per heavy atom. The molecule has 0 saturated carbocycles. The maximum atomic E-state index is 12.7. The number of thiocarbonyl (C=S) groups is 1. The number of rotatable bonds is 11. The van der Waals surface area contributed by atoms with E-state index in [-0.39, 0.29) is 11.8 Å². The lowest BCUT2D eigenvalue weighted by Crippen LogP contribution is -2.29. The van der Waals surface area contributed by atoms with Gasteiger partial charge in [-0.2, -0.15) is 0 Å². The molecular formula is C22H25ClN4O2S3. The first-order valence-electron chi connectivity index (χ1n) is 10.6. The van der Waals surface area contributed by atoms with Gasteiger partial charge < -0.3 is 5.32 Å². The number of benzene rings is 1. The number of thioether (sulfide) groups is 1. The third kappa shape index (κ3) is 7.37. The molecular weight excluding hydrogens is 484 g/mol. The first kappa shape index (κ1) is 24.8. The molecule has 1 aromatic carbocycles. The van der Waals surface area contributed by atoms with Crippen molar-refractivity contribution in [1.29, 1.82) is 0 Å². The number of amides is 2. The highest BCUT2D eigenvalue weighted by Crippen LogP contribution is 2.33. The summed E-state index contributed by atoms with van der Waals surface area (Å²) in [5.41, 5.74) is 0.911. The fraction of sp³-hybridized carbons (Fsp3) is 0.409. The van der Waals surface area contributed by atoms with E-state index in [1.807, 2.05) is 18.2 Å². The highest BCUT2D eigenvalue weighted by molar-refractivity contribution is 8.26. The second-order valence-electron chi connectivity index (χ2n) is 7.35. The third-order valence-electron chi connectivity index (χ3n) is 4.78. The van der Waals surface area contributed by atoms with Crippen LogP contribution in [0.25, 0.3) is 6.08 Å². The van der Waals surface area contributed by atoms with E-state index >= 15 is 0 Å². The van der Waals surface area contributed by atoms with Crippen LogP contribution in [0.15, 0.2) is 29.2 Å². The molecule has 0 aliphatic carbocycles. The number of aryl methyl sites for hydroxylation is 1. The summed E-state index contributed by atoms with van der Waals surface area (Å²) in [4.78, 5) is 27.1. The van der Waals surface area contributed by atoms with Crippen LogP contribution in [-0.4, -0.2) is 37.8 Å². The first-order chi connectivity index (χ1) is 15.5. The molecule has 2 aromatic rings. The Hall–Kier alpha value is -1.81. The number of carbonyl (C=O) groups is 2.